The second kappa shape index (κ2) is 8.80. The average molecular weight is 407 g/mol. The van der Waals surface area contributed by atoms with Gasteiger partial charge in [-0.25, -0.2) is 0 Å². The second-order valence-corrected chi connectivity index (χ2v) is 8.40. The van der Waals surface area contributed by atoms with Crippen LogP contribution in [0.2, 0.25) is 0 Å². The number of aryl methyl sites for hydroxylation is 1. The smallest absolute Gasteiger partial charge is 0.246 e. The molecule has 4 nitrogen and oxygen atoms in total. The zero-order chi connectivity index (χ0) is 20.2. The Balaban J connectivity index is 1.68. The molecular weight excluding hydrogens is 380 g/mol. The molecule has 2 heterocycles. The van der Waals surface area contributed by atoms with Gasteiger partial charge in [0, 0.05) is 10.9 Å². The predicted molar refractivity (Wildman–Crippen MR) is 119 cm³/mol. The van der Waals surface area contributed by atoms with E-state index in [0.717, 1.165) is 30.5 Å². The molecule has 2 atom stereocenters. The molecule has 29 heavy (non-hydrogen) atoms. The number of nitrogens with one attached hydrogen (secondary N) is 1. The third-order valence-electron chi connectivity index (χ3n) is 5.47. The Kier molecular flexibility index (Phi) is 5.97. The third kappa shape index (κ3) is 4.21. The molecule has 150 valence electrons. The van der Waals surface area contributed by atoms with Crippen LogP contribution in [0.3, 0.4) is 0 Å². The highest BCUT2D eigenvalue weighted by Crippen LogP contribution is 2.41. The number of nitrogens with zero attached hydrogens (tertiary/aromatic N) is 1. The number of hydrogen-bond acceptors (Lipinski definition) is 4. The fourth-order valence-electron chi connectivity index (χ4n) is 4.13. The lowest BCUT2D eigenvalue weighted by molar-refractivity contribution is -0.122. The van der Waals surface area contributed by atoms with E-state index in [1.165, 1.54) is 4.88 Å². The van der Waals surface area contributed by atoms with Crippen molar-refractivity contribution in [3.05, 3.63) is 82.0 Å². The molecule has 5 heteroatoms. The van der Waals surface area contributed by atoms with Crippen molar-refractivity contribution < 1.29 is 9.53 Å². The molecule has 1 aliphatic rings. The quantitative estimate of drug-likeness (QED) is 0.581. The van der Waals surface area contributed by atoms with Gasteiger partial charge in [0.15, 0.2) is 0 Å². The number of amides is 1. The molecule has 2 aromatic carbocycles. The van der Waals surface area contributed by atoms with E-state index in [0.29, 0.717) is 11.4 Å². The highest BCUT2D eigenvalue weighted by molar-refractivity contribution is 7.10. The molecule has 0 bridgehead atoms. The lowest BCUT2D eigenvalue weighted by Gasteiger charge is -2.32. The van der Waals surface area contributed by atoms with Crippen molar-refractivity contribution in [1.82, 2.24) is 4.90 Å². The SMILES string of the molecule is COc1ccc(C)cc1NC(=O)[C@@H](c1ccccc1)N1CCC[C@@H]1c1cccs1. The number of likely N-dealkylation sites (tertiary alicyclic amines) is 1. The van der Waals surface area contributed by atoms with Crippen LogP contribution in [0.5, 0.6) is 5.75 Å². The van der Waals surface area contributed by atoms with E-state index in [2.05, 4.69) is 27.7 Å². The van der Waals surface area contributed by atoms with Crippen molar-refractivity contribution in [1.29, 1.82) is 0 Å². The summed E-state index contributed by atoms with van der Waals surface area (Å²) >= 11 is 1.77. The van der Waals surface area contributed by atoms with Crippen LogP contribution in [0.15, 0.2) is 66.0 Å². The van der Waals surface area contributed by atoms with Gasteiger partial charge in [0.25, 0.3) is 0 Å². The lowest BCUT2D eigenvalue weighted by atomic mass is 10.0. The molecular formula is C24H26N2O2S. The van der Waals surface area contributed by atoms with Crippen LogP contribution in [-0.4, -0.2) is 24.5 Å². The van der Waals surface area contributed by atoms with Crippen molar-refractivity contribution >= 4 is 22.9 Å². The van der Waals surface area contributed by atoms with E-state index >= 15 is 0 Å². The average Bonchev–Trinajstić information content (AvgIpc) is 3.41. The number of hydrogen-bond donors (Lipinski definition) is 1. The summed E-state index contributed by atoms with van der Waals surface area (Å²) in [7, 11) is 1.63. The molecule has 0 unspecified atom stereocenters. The first-order valence-electron chi connectivity index (χ1n) is 9.97. The Labute approximate surface area is 176 Å². The Hall–Kier alpha value is -2.63. The van der Waals surface area contributed by atoms with Gasteiger partial charge < -0.3 is 10.1 Å². The van der Waals surface area contributed by atoms with E-state index in [9.17, 15) is 4.79 Å². The van der Waals surface area contributed by atoms with Gasteiger partial charge in [0.2, 0.25) is 5.91 Å². The van der Waals surface area contributed by atoms with Crippen LogP contribution in [-0.2, 0) is 4.79 Å². The monoisotopic (exact) mass is 406 g/mol. The maximum absolute atomic E-state index is 13.6. The first-order valence-corrected chi connectivity index (χ1v) is 10.8. The number of rotatable bonds is 6. The van der Waals surface area contributed by atoms with Crippen molar-refractivity contribution in [2.75, 3.05) is 19.0 Å². The molecule has 1 fully saturated rings. The summed E-state index contributed by atoms with van der Waals surface area (Å²) in [4.78, 5) is 17.3. The van der Waals surface area contributed by atoms with Gasteiger partial charge in [-0.1, -0.05) is 42.5 Å². The first-order chi connectivity index (χ1) is 14.2. The summed E-state index contributed by atoms with van der Waals surface area (Å²) in [5, 5.41) is 5.25. The summed E-state index contributed by atoms with van der Waals surface area (Å²) < 4.78 is 5.47. The van der Waals surface area contributed by atoms with Gasteiger partial charge in [0.05, 0.1) is 12.8 Å². The molecule has 1 amide bonds. The summed E-state index contributed by atoms with van der Waals surface area (Å²) in [5.41, 5.74) is 2.81. The van der Waals surface area contributed by atoms with Crippen molar-refractivity contribution in [3.8, 4) is 5.75 Å². The fourth-order valence-corrected chi connectivity index (χ4v) is 5.02. The van der Waals surface area contributed by atoms with Gasteiger partial charge in [-0.2, -0.15) is 0 Å². The number of thiophene rings is 1. The van der Waals surface area contributed by atoms with Crippen LogP contribution in [0.1, 0.15) is 40.9 Å². The van der Waals surface area contributed by atoms with Gasteiger partial charge >= 0.3 is 0 Å². The number of ether oxygens (including phenoxy) is 1. The van der Waals surface area contributed by atoms with Crippen LogP contribution in [0.25, 0.3) is 0 Å². The molecule has 0 aliphatic carbocycles. The van der Waals surface area contributed by atoms with Crippen LogP contribution < -0.4 is 10.1 Å². The van der Waals surface area contributed by atoms with Gasteiger partial charge in [-0.05, 0) is 61.0 Å². The third-order valence-corrected chi connectivity index (χ3v) is 6.45. The van der Waals surface area contributed by atoms with Crippen LogP contribution in [0.4, 0.5) is 5.69 Å². The van der Waals surface area contributed by atoms with Gasteiger partial charge in [-0.15, -0.1) is 11.3 Å². The topological polar surface area (TPSA) is 41.6 Å². The molecule has 1 aromatic heterocycles. The van der Waals surface area contributed by atoms with E-state index in [1.54, 1.807) is 18.4 Å². The number of benzene rings is 2. The Morgan fingerprint density at radius 3 is 2.72 bits per heavy atom. The number of anilines is 1. The van der Waals surface area contributed by atoms with E-state index in [1.807, 2.05) is 55.5 Å². The second-order valence-electron chi connectivity index (χ2n) is 7.42. The standard InChI is InChI=1S/C24H26N2O2S/c1-17-12-13-21(28-2)19(16-17)25-24(27)23(18-8-4-3-5-9-18)26-14-6-10-20(26)22-11-7-15-29-22/h3-5,7-9,11-13,15-16,20,23H,6,10,14H2,1-2H3,(H,25,27)/t20-,23-/m1/s1. The molecule has 1 saturated heterocycles. The summed E-state index contributed by atoms with van der Waals surface area (Å²) in [6, 6.07) is 20.1. The highest BCUT2D eigenvalue weighted by atomic mass is 32.1. The zero-order valence-corrected chi connectivity index (χ0v) is 17.6. The number of carbonyl (C=O) groups is 1. The molecule has 0 saturated carbocycles. The predicted octanol–water partition coefficient (Wildman–Crippen LogP) is 5.58. The van der Waals surface area contributed by atoms with E-state index in [4.69, 9.17) is 4.74 Å². The van der Waals surface area contributed by atoms with E-state index < -0.39 is 0 Å². The lowest BCUT2D eigenvalue weighted by Crippen LogP contribution is -2.37. The first kappa shape index (κ1) is 19.7. The highest BCUT2D eigenvalue weighted by Gasteiger charge is 2.37. The van der Waals surface area contributed by atoms with Crippen molar-refractivity contribution in [2.45, 2.75) is 31.8 Å². The molecule has 4 rings (SSSR count). The maximum Gasteiger partial charge on any atom is 0.246 e. The Morgan fingerprint density at radius 1 is 1.17 bits per heavy atom. The molecule has 1 N–H and O–H groups in total. The molecule has 0 radical (unpaired) electrons. The van der Waals surface area contributed by atoms with Gasteiger partial charge in [0.1, 0.15) is 11.8 Å². The summed E-state index contributed by atoms with van der Waals surface area (Å²) in [6.07, 6.45) is 2.16. The molecule has 0 spiro atoms. The minimum atomic E-state index is -0.351. The maximum atomic E-state index is 13.6. The Morgan fingerprint density at radius 2 is 2.00 bits per heavy atom. The normalized spacial score (nSPS) is 17.8. The van der Waals surface area contributed by atoms with Crippen LogP contribution >= 0.6 is 11.3 Å². The fraction of sp³-hybridized carbons (Fsp3) is 0.292. The number of methoxy groups -OCH3 is 1. The molecule has 1 aliphatic heterocycles. The van der Waals surface area contributed by atoms with Crippen molar-refractivity contribution in [3.63, 3.8) is 0 Å². The van der Waals surface area contributed by atoms with Gasteiger partial charge in [-0.3, -0.25) is 9.69 Å². The zero-order valence-electron chi connectivity index (χ0n) is 16.8. The summed E-state index contributed by atoms with van der Waals surface area (Å²) in [6.45, 7) is 2.91. The minimum Gasteiger partial charge on any atom is -0.495 e. The van der Waals surface area contributed by atoms with Crippen LogP contribution in [0, 0.1) is 6.92 Å². The Bertz CT molecular complexity index is 956. The minimum absolute atomic E-state index is 0.0245. The number of carbonyl (C=O) groups excluding carboxylic acids is 1. The van der Waals surface area contributed by atoms with E-state index in [-0.39, 0.29) is 18.0 Å². The largest absolute Gasteiger partial charge is 0.495 e. The van der Waals surface area contributed by atoms with Crippen molar-refractivity contribution in [2.24, 2.45) is 0 Å². The molecule has 3 aromatic rings. The summed E-state index contributed by atoms with van der Waals surface area (Å²) in [5.74, 6) is 0.649.